The molecule has 0 bridgehead atoms. The van der Waals surface area contributed by atoms with E-state index in [1.165, 1.54) is 0 Å². The van der Waals surface area contributed by atoms with Crippen molar-refractivity contribution in [3.8, 4) is 11.1 Å². The van der Waals surface area contributed by atoms with E-state index in [2.05, 4.69) is 45.5 Å². The first-order valence-corrected chi connectivity index (χ1v) is 11.4. The van der Waals surface area contributed by atoms with Crippen molar-refractivity contribution >= 4 is 40.5 Å². The van der Waals surface area contributed by atoms with Gasteiger partial charge in [0.2, 0.25) is 0 Å². The Bertz CT molecular complexity index is 1060. The molecule has 4 rings (SSSR count). The molecule has 7 heteroatoms. The lowest BCUT2D eigenvalue weighted by Crippen LogP contribution is -2.44. The van der Waals surface area contributed by atoms with Gasteiger partial charge < -0.3 is 10.6 Å². The SMILES string of the molecule is CNCCCNC1NC(c2cccc(-c3ccc(Cl)c(Cl)c3)c2)Nc2c(Cl)cccc21. The third-order valence-electron chi connectivity index (χ3n) is 5.40. The Kier molecular flexibility index (Phi) is 7.39. The van der Waals surface area contributed by atoms with E-state index in [9.17, 15) is 0 Å². The molecule has 1 aliphatic heterocycles. The zero-order chi connectivity index (χ0) is 21.8. The van der Waals surface area contributed by atoms with Crippen LogP contribution in [0.3, 0.4) is 0 Å². The van der Waals surface area contributed by atoms with Gasteiger partial charge in [-0.25, -0.2) is 0 Å². The Balaban J connectivity index is 1.62. The molecule has 0 fully saturated rings. The van der Waals surface area contributed by atoms with Crippen LogP contribution < -0.4 is 21.3 Å². The van der Waals surface area contributed by atoms with E-state index in [-0.39, 0.29) is 12.3 Å². The average Bonchev–Trinajstić information content (AvgIpc) is 2.79. The van der Waals surface area contributed by atoms with Crippen molar-refractivity contribution in [2.45, 2.75) is 18.8 Å². The molecule has 162 valence electrons. The summed E-state index contributed by atoms with van der Waals surface area (Å²) in [6.45, 7) is 1.86. The summed E-state index contributed by atoms with van der Waals surface area (Å²) in [5.41, 5.74) is 5.28. The van der Waals surface area contributed by atoms with Gasteiger partial charge in [-0.15, -0.1) is 0 Å². The number of nitrogens with one attached hydrogen (secondary N) is 4. The predicted octanol–water partition coefficient (Wildman–Crippen LogP) is 6.23. The second-order valence-electron chi connectivity index (χ2n) is 7.55. The summed E-state index contributed by atoms with van der Waals surface area (Å²) in [6.07, 6.45) is 0.928. The van der Waals surface area contributed by atoms with Crippen molar-refractivity contribution in [1.29, 1.82) is 0 Å². The normalized spacial score (nSPS) is 17.8. The Morgan fingerprint density at radius 3 is 2.45 bits per heavy atom. The molecule has 4 nitrogen and oxygen atoms in total. The van der Waals surface area contributed by atoms with Crippen molar-refractivity contribution < 1.29 is 0 Å². The van der Waals surface area contributed by atoms with E-state index in [4.69, 9.17) is 34.8 Å². The van der Waals surface area contributed by atoms with Gasteiger partial charge in [-0.2, -0.15) is 0 Å². The molecule has 2 atom stereocenters. The monoisotopic (exact) mass is 474 g/mol. The molecular formula is C24H25Cl3N4. The number of anilines is 1. The van der Waals surface area contributed by atoms with E-state index in [1.54, 1.807) is 0 Å². The highest BCUT2D eigenvalue weighted by Gasteiger charge is 2.27. The van der Waals surface area contributed by atoms with Crippen LogP contribution in [0.15, 0.2) is 60.7 Å². The molecule has 2 unspecified atom stereocenters. The molecule has 0 amide bonds. The van der Waals surface area contributed by atoms with Crippen molar-refractivity contribution in [2.75, 3.05) is 25.5 Å². The van der Waals surface area contributed by atoms with Crippen LogP contribution in [-0.2, 0) is 0 Å². The number of hydrogen-bond acceptors (Lipinski definition) is 4. The molecule has 1 aliphatic rings. The molecule has 3 aromatic carbocycles. The topological polar surface area (TPSA) is 48.1 Å². The van der Waals surface area contributed by atoms with E-state index >= 15 is 0 Å². The highest BCUT2D eigenvalue weighted by molar-refractivity contribution is 6.42. The maximum atomic E-state index is 6.55. The van der Waals surface area contributed by atoms with Crippen LogP contribution in [0, 0.1) is 0 Å². The Morgan fingerprint density at radius 1 is 0.839 bits per heavy atom. The number of hydrogen-bond donors (Lipinski definition) is 4. The quantitative estimate of drug-likeness (QED) is 0.306. The minimum absolute atomic E-state index is 0.00885. The summed E-state index contributed by atoms with van der Waals surface area (Å²) in [5.74, 6) is 0. The standard InChI is InChI=1S/C24H25Cl3N4/c1-28-11-4-12-29-24-18-7-3-8-20(26)22(18)30-23(31-24)17-6-2-5-15(13-17)16-9-10-19(25)21(27)14-16/h2-3,5-10,13-14,23-24,28-31H,4,11-12H2,1H3. The summed E-state index contributed by atoms with van der Waals surface area (Å²) in [4.78, 5) is 0. The molecule has 0 aromatic heterocycles. The Labute approximate surface area is 198 Å². The number of benzene rings is 3. The van der Waals surface area contributed by atoms with Crippen LogP contribution in [0.25, 0.3) is 11.1 Å². The number of rotatable bonds is 7. The van der Waals surface area contributed by atoms with E-state index < -0.39 is 0 Å². The average molecular weight is 476 g/mol. The van der Waals surface area contributed by atoms with E-state index in [0.29, 0.717) is 15.1 Å². The second kappa shape index (κ2) is 10.2. The second-order valence-corrected chi connectivity index (χ2v) is 8.77. The molecule has 3 aromatic rings. The fourth-order valence-corrected chi connectivity index (χ4v) is 4.34. The molecule has 0 spiro atoms. The summed E-state index contributed by atoms with van der Waals surface area (Å²) in [5, 5.41) is 15.9. The van der Waals surface area contributed by atoms with Crippen LogP contribution in [0.1, 0.15) is 29.9 Å². The summed E-state index contributed by atoms with van der Waals surface area (Å²) >= 11 is 18.9. The fraction of sp³-hybridized carbons (Fsp3) is 0.250. The van der Waals surface area contributed by atoms with E-state index in [0.717, 1.165) is 47.5 Å². The van der Waals surface area contributed by atoms with Gasteiger partial charge >= 0.3 is 0 Å². The highest BCUT2D eigenvalue weighted by atomic mass is 35.5. The van der Waals surface area contributed by atoms with Crippen molar-refractivity contribution in [3.63, 3.8) is 0 Å². The van der Waals surface area contributed by atoms with Crippen LogP contribution in [0.5, 0.6) is 0 Å². The Morgan fingerprint density at radius 2 is 1.65 bits per heavy atom. The molecule has 4 N–H and O–H groups in total. The first-order valence-electron chi connectivity index (χ1n) is 10.3. The van der Waals surface area contributed by atoms with Crippen molar-refractivity contribution in [1.82, 2.24) is 16.0 Å². The number of para-hydroxylation sites is 1. The fourth-order valence-electron chi connectivity index (χ4n) is 3.81. The van der Waals surface area contributed by atoms with Gasteiger partial charge in [0.15, 0.2) is 0 Å². The van der Waals surface area contributed by atoms with Crippen LogP contribution in [0.2, 0.25) is 15.1 Å². The molecular weight excluding hydrogens is 451 g/mol. The van der Waals surface area contributed by atoms with Crippen LogP contribution >= 0.6 is 34.8 Å². The molecule has 1 heterocycles. The van der Waals surface area contributed by atoms with E-state index in [1.807, 2.05) is 43.4 Å². The van der Waals surface area contributed by atoms with Crippen molar-refractivity contribution in [2.24, 2.45) is 0 Å². The maximum absolute atomic E-state index is 6.55. The predicted molar refractivity (Wildman–Crippen MR) is 132 cm³/mol. The molecule has 0 saturated heterocycles. The third kappa shape index (κ3) is 5.17. The van der Waals surface area contributed by atoms with Gasteiger partial charge in [-0.3, -0.25) is 10.6 Å². The minimum Gasteiger partial charge on any atom is -0.364 e. The van der Waals surface area contributed by atoms with Crippen molar-refractivity contribution in [3.05, 3.63) is 86.9 Å². The van der Waals surface area contributed by atoms with Crippen LogP contribution in [-0.4, -0.2) is 20.1 Å². The molecule has 0 radical (unpaired) electrons. The summed E-state index contributed by atoms with van der Waals surface area (Å²) < 4.78 is 0. The Hall–Kier alpha value is -1.79. The summed E-state index contributed by atoms with van der Waals surface area (Å²) in [7, 11) is 1.97. The first-order chi connectivity index (χ1) is 15.1. The molecule has 0 aliphatic carbocycles. The zero-order valence-electron chi connectivity index (χ0n) is 17.2. The maximum Gasteiger partial charge on any atom is 0.105 e. The lowest BCUT2D eigenvalue weighted by atomic mass is 9.99. The van der Waals surface area contributed by atoms with Gasteiger partial charge in [-0.1, -0.05) is 71.2 Å². The number of halogens is 3. The minimum atomic E-state index is -0.100. The highest BCUT2D eigenvalue weighted by Crippen LogP contribution is 2.37. The number of fused-ring (bicyclic) bond motifs is 1. The van der Waals surface area contributed by atoms with Gasteiger partial charge in [0.1, 0.15) is 6.17 Å². The largest absolute Gasteiger partial charge is 0.364 e. The summed E-state index contributed by atoms with van der Waals surface area (Å²) in [6, 6.07) is 20.1. The van der Waals surface area contributed by atoms with Gasteiger partial charge in [0.05, 0.1) is 26.9 Å². The molecule has 31 heavy (non-hydrogen) atoms. The van der Waals surface area contributed by atoms with Gasteiger partial charge in [0, 0.05) is 5.56 Å². The smallest absolute Gasteiger partial charge is 0.105 e. The zero-order valence-corrected chi connectivity index (χ0v) is 19.5. The lowest BCUT2D eigenvalue weighted by Gasteiger charge is -2.36. The van der Waals surface area contributed by atoms with Gasteiger partial charge in [0.25, 0.3) is 0 Å². The van der Waals surface area contributed by atoms with Gasteiger partial charge in [-0.05, 0) is 67.5 Å². The third-order valence-corrected chi connectivity index (χ3v) is 6.46. The molecule has 0 saturated carbocycles. The first kappa shape index (κ1) is 22.4. The van der Waals surface area contributed by atoms with Crippen LogP contribution in [0.4, 0.5) is 5.69 Å². The lowest BCUT2D eigenvalue weighted by molar-refractivity contribution is 0.385.